The highest BCUT2D eigenvalue weighted by Gasteiger charge is 2.13. The Labute approximate surface area is 176 Å². The summed E-state index contributed by atoms with van der Waals surface area (Å²) in [5, 5.41) is 22.0. The lowest BCUT2D eigenvalue weighted by Crippen LogP contribution is -2.12. The van der Waals surface area contributed by atoms with E-state index in [-0.39, 0.29) is 5.91 Å². The number of nitrogens with zero attached hydrogens (tertiary/aromatic N) is 5. The van der Waals surface area contributed by atoms with Crippen molar-refractivity contribution in [1.29, 1.82) is 0 Å². The van der Waals surface area contributed by atoms with Gasteiger partial charge in [0, 0.05) is 16.6 Å². The lowest BCUT2D eigenvalue weighted by atomic mass is 10.1. The van der Waals surface area contributed by atoms with Crippen molar-refractivity contribution >= 4 is 22.5 Å². The number of ether oxygens (including phenoxy) is 1. The first kappa shape index (κ1) is 18.5. The third-order valence-corrected chi connectivity index (χ3v) is 4.75. The Bertz CT molecular complexity index is 1330. The molecule has 0 aliphatic carbocycles. The van der Waals surface area contributed by atoms with Crippen LogP contribution in [0.5, 0.6) is 5.75 Å². The fourth-order valence-electron chi connectivity index (χ4n) is 3.19. The van der Waals surface area contributed by atoms with E-state index in [9.17, 15) is 4.79 Å². The number of rotatable bonds is 6. The molecule has 3 aromatic carbocycles. The summed E-state index contributed by atoms with van der Waals surface area (Å²) in [6.45, 7) is 0.395. The van der Waals surface area contributed by atoms with Gasteiger partial charge < -0.3 is 10.1 Å². The molecular formula is C22H17N7O2. The first-order valence-electron chi connectivity index (χ1n) is 9.55. The number of benzene rings is 3. The van der Waals surface area contributed by atoms with Gasteiger partial charge in [-0.15, -0.1) is 5.10 Å². The molecule has 0 spiro atoms. The van der Waals surface area contributed by atoms with E-state index in [1.807, 2.05) is 36.4 Å². The summed E-state index contributed by atoms with van der Waals surface area (Å²) >= 11 is 0. The van der Waals surface area contributed by atoms with Crippen molar-refractivity contribution in [2.75, 3.05) is 5.32 Å². The first-order chi connectivity index (χ1) is 15.3. The smallest absolute Gasteiger partial charge is 0.255 e. The summed E-state index contributed by atoms with van der Waals surface area (Å²) < 4.78 is 7.48. The highest BCUT2D eigenvalue weighted by atomic mass is 16.5. The van der Waals surface area contributed by atoms with Crippen LogP contribution in [-0.2, 0) is 6.61 Å². The molecule has 0 aliphatic heterocycles. The predicted molar refractivity (Wildman–Crippen MR) is 114 cm³/mol. The Balaban J connectivity index is 1.40. The summed E-state index contributed by atoms with van der Waals surface area (Å²) in [6, 6.07) is 20.5. The quantitative estimate of drug-likeness (QED) is 0.443. The zero-order chi connectivity index (χ0) is 21.0. The second kappa shape index (κ2) is 8.07. The molecule has 31 heavy (non-hydrogen) atoms. The van der Waals surface area contributed by atoms with E-state index in [1.54, 1.807) is 36.5 Å². The Morgan fingerprint density at radius 3 is 2.81 bits per heavy atom. The number of hydrogen-bond donors (Lipinski definition) is 2. The molecule has 5 rings (SSSR count). The number of aromatic nitrogens is 6. The van der Waals surface area contributed by atoms with Crippen molar-refractivity contribution in [1.82, 2.24) is 30.4 Å². The van der Waals surface area contributed by atoms with Crippen molar-refractivity contribution in [2.45, 2.75) is 6.61 Å². The van der Waals surface area contributed by atoms with Crippen molar-refractivity contribution < 1.29 is 9.53 Å². The third kappa shape index (κ3) is 3.97. The normalized spacial score (nSPS) is 10.8. The largest absolute Gasteiger partial charge is 0.487 e. The van der Waals surface area contributed by atoms with Gasteiger partial charge in [0.1, 0.15) is 24.4 Å². The molecule has 0 unspecified atom stereocenters. The van der Waals surface area contributed by atoms with Crippen LogP contribution < -0.4 is 10.1 Å². The van der Waals surface area contributed by atoms with Crippen LogP contribution in [0.4, 0.5) is 5.69 Å². The number of aromatic amines is 1. The minimum atomic E-state index is -0.233. The van der Waals surface area contributed by atoms with Crippen molar-refractivity contribution in [2.24, 2.45) is 0 Å². The average molecular weight is 411 g/mol. The Hall–Kier alpha value is -4.53. The Morgan fingerprint density at radius 2 is 1.97 bits per heavy atom. The molecule has 5 aromatic rings. The highest BCUT2D eigenvalue weighted by molar-refractivity contribution is 6.06. The summed E-state index contributed by atoms with van der Waals surface area (Å²) in [6.07, 6.45) is 3.16. The first-order valence-corrected chi connectivity index (χ1v) is 9.55. The zero-order valence-corrected chi connectivity index (χ0v) is 16.3. The number of hydrogen-bond acceptors (Lipinski definition) is 6. The van der Waals surface area contributed by atoms with Crippen LogP contribution >= 0.6 is 0 Å². The van der Waals surface area contributed by atoms with E-state index in [4.69, 9.17) is 4.74 Å². The molecule has 2 aromatic heterocycles. The lowest BCUT2D eigenvalue weighted by Gasteiger charge is -2.13. The summed E-state index contributed by atoms with van der Waals surface area (Å²) in [5.41, 5.74) is 3.65. The molecule has 2 N–H and O–H groups in total. The number of carbonyl (C=O) groups is 1. The molecular weight excluding hydrogens is 394 g/mol. The summed E-state index contributed by atoms with van der Waals surface area (Å²) in [5.74, 6) is 0.359. The van der Waals surface area contributed by atoms with Gasteiger partial charge in [-0.05, 0) is 52.4 Å². The molecule has 9 nitrogen and oxygen atoms in total. The van der Waals surface area contributed by atoms with Crippen LogP contribution in [-0.4, -0.2) is 36.3 Å². The minimum absolute atomic E-state index is 0.233. The van der Waals surface area contributed by atoms with Crippen LogP contribution in [0.25, 0.3) is 16.6 Å². The van der Waals surface area contributed by atoms with E-state index >= 15 is 0 Å². The van der Waals surface area contributed by atoms with Crippen LogP contribution in [0.3, 0.4) is 0 Å². The van der Waals surface area contributed by atoms with Gasteiger partial charge >= 0.3 is 0 Å². The lowest BCUT2D eigenvalue weighted by molar-refractivity contribution is 0.102. The minimum Gasteiger partial charge on any atom is -0.487 e. The Morgan fingerprint density at radius 1 is 1.06 bits per heavy atom. The van der Waals surface area contributed by atoms with Crippen LogP contribution in [0.2, 0.25) is 0 Å². The van der Waals surface area contributed by atoms with Gasteiger partial charge in [-0.2, -0.15) is 9.78 Å². The van der Waals surface area contributed by atoms with Gasteiger partial charge in [-0.1, -0.05) is 30.3 Å². The molecule has 0 atom stereocenters. The molecule has 1 amide bonds. The van der Waals surface area contributed by atoms with E-state index in [0.717, 1.165) is 16.5 Å². The second-order valence-electron chi connectivity index (χ2n) is 6.84. The van der Waals surface area contributed by atoms with Gasteiger partial charge in [-0.3, -0.25) is 9.89 Å². The SMILES string of the molecule is O=C(Nc1ccc(OCc2ccccc2)c(-n2cnnn2)c1)c1ccc2[nH]ncc2c1. The van der Waals surface area contributed by atoms with Gasteiger partial charge in [0.25, 0.3) is 5.91 Å². The molecule has 9 heteroatoms. The molecule has 2 heterocycles. The Kier molecular flexibility index (Phi) is 4.82. The van der Waals surface area contributed by atoms with Crippen LogP contribution in [0.1, 0.15) is 15.9 Å². The maximum Gasteiger partial charge on any atom is 0.255 e. The monoisotopic (exact) mass is 411 g/mol. The van der Waals surface area contributed by atoms with E-state index < -0.39 is 0 Å². The van der Waals surface area contributed by atoms with Gasteiger partial charge in [0.05, 0.1) is 11.7 Å². The number of H-pyrrole nitrogens is 1. The van der Waals surface area contributed by atoms with Crippen molar-refractivity contribution in [3.63, 3.8) is 0 Å². The molecule has 0 bridgehead atoms. The number of anilines is 1. The average Bonchev–Trinajstić information content (AvgIpc) is 3.50. The molecule has 0 fully saturated rings. The van der Waals surface area contributed by atoms with Gasteiger partial charge in [0.15, 0.2) is 0 Å². The number of tetrazole rings is 1. The van der Waals surface area contributed by atoms with Gasteiger partial charge in [-0.25, -0.2) is 0 Å². The molecule has 0 saturated heterocycles. The van der Waals surface area contributed by atoms with Crippen molar-refractivity contribution in [3.8, 4) is 11.4 Å². The molecule has 0 saturated carbocycles. The standard InChI is InChI=1S/C22H17N7O2/c30-22(16-6-8-19-17(10-16)12-23-26-19)25-18-7-9-21(20(11-18)29-14-24-27-28-29)31-13-15-4-2-1-3-5-15/h1-12,14H,13H2,(H,23,26)(H,25,30). The summed E-state index contributed by atoms with van der Waals surface area (Å²) in [4.78, 5) is 12.8. The molecule has 0 aliphatic rings. The van der Waals surface area contributed by atoms with Crippen molar-refractivity contribution in [3.05, 3.63) is 90.4 Å². The zero-order valence-electron chi connectivity index (χ0n) is 16.3. The van der Waals surface area contributed by atoms with Crippen LogP contribution in [0.15, 0.2) is 79.3 Å². The fourth-order valence-corrected chi connectivity index (χ4v) is 3.19. The molecule has 0 radical (unpaired) electrons. The number of carbonyl (C=O) groups excluding carboxylic acids is 1. The number of nitrogens with one attached hydrogen (secondary N) is 2. The topological polar surface area (TPSA) is 111 Å². The maximum atomic E-state index is 12.8. The number of fused-ring (bicyclic) bond motifs is 1. The van der Waals surface area contributed by atoms with Gasteiger partial charge in [0.2, 0.25) is 0 Å². The van der Waals surface area contributed by atoms with E-state index in [0.29, 0.717) is 29.3 Å². The molecule has 152 valence electrons. The third-order valence-electron chi connectivity index (χ3n) is 4.75. The van der Waals surface area contributed by atoms with Crippen LogP contribution in [0, 0.1) is 0 Å². The van der Waals surface area contributed by atoms with E-state index in [1.165, 1.54) is 11.0 Å². The highest BCUT2D eigenvalue weighted by Crippen LogP contribution is 2.27. The summed E-state index contributed by atoms with van der Waals surface area (Å²) in [7, 11) is 0. The second-order valence-corrected chi connectivity index (χ2v) is 6.84. The number of amides is 1. The maximum absolute atomic E-state index is 12.8. The predicted octanol–water partition coefficient (Wildman–Crippen LogP) is 3.37. The fraction of sp³-hybridized carbons (Fsp3) is 0.0455. The van der Waals surface area contributed by atoms with E-state index in [2.05, 4.69) is 31.0 Å².